The molecule has 0 unspecified atom stereocenters. The molecule has 1 saturated heterocycles. The van der Waals surface area contributed by atoms with Crippen LogP contribution in [0.2, 0.25) is 0 Å². The lowest BCUT2D eigenvalue weighted by atomic mass is 10.0. The molecule has 0 saturated carbocycles. The van der Waals surface area contributed by atoms with E-state index >= 15 is 0 Å². The Kier molecular flexibility index (Phi) is 8.03. The van der Waals surface area contributed by atoms with E-state index in [1.165, 1.54) is 15.7 Å². The molecule has 39 heavy (non-hydrogen) atoms. The van der Waals surface area contributed by atoms with Crippen LogP contribution < -0.4 is 9.47 Å². The summed E-state index contributed by atoms with van der Waals surface area (Å²) in [5, 5.41) is 2.08. The van der Waals surface area contributed by atoms with Crippen molar-refractivity contribution < 1.29 is 19.1 Å². The zero-order valence-electron chi connectivity index (χ0n) is 22.3. The van der Waals surface area contributed by atoms with Gasteiger partial charge in [0.15, 0.2) is 0 Å². The molecular formula is C33H31NO4S. The number of carbonyl (C=O) groups excluding carboxylic acids is 2. The molecule has 4 aromatic carbocycles. The molecule has 5 nitrogen and oxygen atoms in total. The highest BCUT2D eigenvalue weighted by molar-refractivity contribution is 8.18. The smallest absolute Gasteiger partial charge is 0.293 e. The lowest BCUT2D eigenvalue weighted by molar-refractivity contribution is -0.123. The van der Waals surface area contributed by atoms with Crippen molar-refractivity contribution >= 4 is 39.8 Å². The summed E-state index contributed by atoms with van der Waals surface area (Å²) in [5.41, 5.74) is 4.17. The van der Waals surface area contributed by atoms with Crippen LogP contribution in [0.15, 0.2) is 89.8 Å². The molecule has 4 aromatic rings. The van der Waals surface area contributed by atoms with E-state index in [9.17, 15) is 9.59 Å². The zero-order chi connectivity index (χ0) is 27.4. The number of nitrogens with zero attached hydrogens (tertiary/aromatic N) is 1. The van der Waals surface area contributed by atoms with Crippen LogP contribution in [0, 0.1) is 6.92 Å². The Hall–Kier alpha value is -4.03. The number of imide groups is 1. The Morgan fingerprint density at radius 3 is 2.46 bits per heavy atom. The Bertz CT molecular complexity index is 1540. The lowest BCUT2D eigenvalue weighted by Crippen LogP contribution is -2.32. The molecule has 0 atom stereocenters. The number of benzene rings is 4. The molecular weight excluding hydrogens is 506 g/mol. The second-order valence-corrected chi connectivity index (χ2v) is 10.9. The maximum atomic E-state index is 13.0. The van der Waals surface area contributed by atoms with Crippen molar-refractivity contribution in [1.82, 2.24) is 4.90 Å². The summed E-state index contributed by atoms with van der Waals surface area (Å²) in [5.74, 6) is 1.56. The minimum absolute atomic E-state index is 0.203. The topological polar surface area (TPSA) is 55.8 Å². The van der Waals surface area contributed by atoms with Gasteiger partial charge >= 0.3 is 0 Å². The summed E-state index contributed by atoms with van der Waals surface area (Å²) in [6.07, 6.45) is 1.75. The summed E-state index contributed by atoms with van der Waals surface area (Å²) < 4.78 is 12.0. The summed E-state index contributed by atoms with van der Waals surface area (Å²) in [4.78, 5) is 27.2. The zero-order valence-corrected chi connectivity index (χ0v) is 23.2. The highest BCUT2D eigenvalue weighted by atomic mass is 32.2. The normalized spacial score (nSPS) is 14.6. The molecule has 5 rings (SSSR count). The quantitative estimate of drug-likeness (QED) is 0.203. The van der Waals surface area contributed by atoms with Gasteiger partial charge in [-0.15, -0.1) is 0 Å². The maximum Gasteiger partial charge on any atom is 0.293 e. The first kappa shape index (κ1) is 26.6. The second kappa shape index (κ2) is 11.8. The first-order valence-corrected chi connectivity index (χ1v) is 13.9. The largest absolute Gasteiger partial charge is 0.491 e. The number of rotatable bonds is 9. The van der Waals surface area contributed by atoms with Gasteiger partial charge in [0, 0.05) is 0 Å². The molecule has 0 bridgehead atoms. The molecule has 0 aromatic heterocycles. The number of hydrogen-bond donors (Lipinski definition) is 0. The highest BCUT2D eigenvalue weighted by Crippen LogP contribution is 2.33. The van der Waals surface area contributed by atoms with E-state index in [1.54, 1.807) is 6.08 Å². The molecule has 1 heterocycles. The van der Waals surface area contributed by atoms with Gasteiger partial charge in [-0.2, -0.15) is 0 Å². The first-order valence-electron chi connectivity index (χ1n) is 13.1. The Labute approximate surface area is 233 Å². The average molecular weight is 538 g/mol. The van der Waals surface area contributed by atoms with Crippen LogP contribution in [0.25, 0.3) is 16.8 Å². The SMILES string of the molecule is Cc1ccc(C(C)C)c(OCCN2C(=O)S/C(=C\c3ccc(OCc4cccc5ccccc45)cc3)C2=O)c1. The van der Waals surface area contributed by atoms with Crippen LogP contribution in [0.4, 0.5) is 4.79 Å². The summed E-state index contributed by atoms with van der Waals surface area (Å²) >= 11 is 0.958. The number of carbonyl (C=O) groups is 2. The van der Waals surface area contributed by atoms with E-state index in [2.05, 4.69) is 50.2 Å². The third-order valence-corrected chi connectivity index (χ3v) is 7.60. The standard InChI is InChI=1S/C33H31NO4S/c1-22(2)28-16-11-23(3)19-30(28)37-18-17-34-32(35)31(39-33(34)36)20-24-12-14-27(15-13-24)38-21-26-9-6-8-25-7-4-5-10-29(25)26/h4-16,19-20,22H,17-18,21H2,1-3H3/b31-20-. The maximum absolute atomic E-state index is 13.0. The fourth-order valence-corrected chi connectivity index (χ4v) is 5.44. The van der Waals surface area contributed by atoms with Crippen molar-refractivity contribution in [2.24, 2.45) is 0 Å². The van der Waals surface area contributed by atoms with Crippen LogP contribution in [-0.4, -0.2) is 29.2 Å². The number of fused-ring (bicyclic) bond motifs is 1. The minimum Gasteiger partial charge on any atom is -0.491 e. The van der Waals surface area contributed by atoms with Gasteiger partial charge in [-0.1, -0.05) is 80.6 Å². The number of ether oxygens (including phenoxy) is 2. The highest BCUT2D eigenvalue weighted by Gasteiger charge is 2.34. The Morgan fingerprint density at radius 2 is 1.67 bits per heavy atom. The van der Waals surface area contributed by atoms with Gasteiger partial charge in [-0.25, -0.2) is 0 Å². The molecule has 0 spiro atoms. The van der Waals surface area contributed by atoms with Crippen molar-refractivity contribution in [3.8, 4) is 11.5 Å². The number of aryl methyl sites for hydroxylation is 1. The van der Waals surface area contributed by atoms with E-state index in [4.69, 9.17) is 9.47 Å². The van der Waals surface area contributed by atoms with Crippen molar-refractivity contribution in [2.75, 3.05) is 13.2 Å². The van der Waals surface area contributed by atoms with Crippen molar-refractivity contribution in [2.45, 2.75) is 33.3 Å². The monoisotopic (exact) mass is 537 g/mol. The van der Waals surface area contributed by atoms with Gasteiger partial charge in [0.1, 0.15) is 24.7 Å². The molecule has 0 N–H and O–H groups in total. The predicted molar refractivity (Wildman–Crippen MR) is 158 cm³/mol. The van der Waals surface area contributed by atoms with Gasteiger partial charge in [0.25, 0.3) is 11.1 Å². The van der Waals surface area contributed by atoms with E-state index < -0.39 is 0 Å². The summed E-state index contributed by atoms with van der Waals surface area (Å²) in [6, 6.07) is 28.1. The molecule has 6 heteroatoms. The minimum atomic E-state index is -0.293. The third-order valence-electron chi connectivity index (χ3n) is 6.69. The number of thioether (sulfide) groups is 1. The molecule has 1 fully saturated rings. The van der Waals surface area contributed by atoms with E-state index in [1.807, 2.05) is 55.5 Å². The van der Waals surface area contributed by atoms with Gasteiger partial charge in [0.05, 0.1) is 11.4 Å². The first-order chi connectivity index (χ1) is 18.9. The molecule has 1 aliphatic heterocycles. The number of hydrogen-bond acceptors (Lipinski definition) is 5. The molecule has 0 radical (unpaired) electrons. The summed E-state index contributed by atoms with van der Waals surface area (Å²) in [7, 11) is 0. The van der Waals surface area contributed by atoms with Gasteiger partial charge in [-0.3, -0.25) is 14.5 Å². The second-order valence-electron chi connectivity index (χ2n) is 9.87. The van der Waals surface area contributed by atoms with Crippen LogP contribution in [0.3, 0.4) is 0 Å². The van der Waals surface area contributed by atoms with E-state index in [0.29, 0.717) is 17.4 Å². The van der Waals surface area contributed by atoms with Crippen molar-refractivity contribution in [3.63, 3.8) is 0 Å². The molecule has 198 valence electrons. The van der Waals surface area contributed by atoms with Crippen molar-refractivity contribution in [3.05, 3.63) is 112 Å². The molecule has 0 aliphatic carbocycles. The van der Waals surface area contributed by atoms with Gasteiger partial charge < -0.3 is 9.47 Å². The Balaban J connectivity index is 1.19. The average Bonchev–Trinajstić information content (AvgIpc) is 3.20. The van der Waals surface area contributed by atoms with Gasteiger partial charge in [0.2, 0.25) is 0 Å². The molecule has 1 aliphatic rings. The fraction of sp³-hybridized carbons (Fsp3) is 0.212. The molecule has 2 amide bonds. The van der Waals surface area contributed by atoms with Crippen LogP contribution in [0.1, 0.15) is 42.0 Å². The van der Waals surface area contributed by atoms with Gasteiger partial charge in [-0.05, 0) is 81.9 Å². The summed E-state index contributed by atoms with van der Waals surface area (Å²) in [6.45, 7) is 7.15. The lowest BCUT2D eigenvalue weighted by Gasteiger charge is -2.17. The third kappa shape index (κ3) is 6.18. The predicted octanol–water partition coefficient (Wildman–Crippen LogP) is 7.97. The number of amides is 2. The van der Waals surface area contributed by atoms with E-state index in [0.717, 1.165) is 45.5 Å². The fourth-order valence-electron chi connectivity index (χ4n) is 4.57. The Morgan fingerprint density at radius 1 is 0.897 bits per heavy atom. The van der Waals surface area contributed by atoms with E-state index in [-0.39, 0.29) is 24.3 Å². The van der Waals surface area contributed by atoms with Crippen LogP contribution in [-0.2, 0) is 11.4 Å². The van der Waals surface area contributed by atoms with Crippen LogP contribution >= 0.6 is 11.8 Å². The van der Waals surface area contributed by atoms with Crippen LogP contribution in [0.5, 0.6) is 11.5 Å². The van der Waals surface area contributed by atoms with Crippen molar-refractivity contribution in [1.29, 1.82) is 0 Å².